The molecule has 82 valence electrons. The van der Waals surface area contributed by atoms with Gasteiger partial charge in [0.1, 0.15) is 6.54 Å². The first-order valence-electron chi connectivity index (χ1n) is 5.18. The van der Waals surface area contributed by atoms with E-state index in [0.29, 0.717) is 18.0 Å². The lowest BCUT2D eigenvalue weighted by Crippen LogP contribution is -1.91. The van der Waals surface area contributed by atoms with Gasteiger partial charge in [-0.25, -0.2) is 0 Å². The fraction of sp³-hybridized carbons (Fsp3) is 0.800. The second-order valence-electron chi connectivity index (χ2n) is 3.20. The minimum absolute atomic E-state index is 0.291. The Kier molecular flexibility index (Phi) is 9.53. The lowest BCUT2D eigenvalue weighted by atomic mass is 10.1. The standard InChI is InChI=1S/C10H20N2O2/c1-2-12(14)11-9-7-5-3-4-6-8-10-13/h2,13H,1,3-10H2. The van der Waals surface area contributed by atoms with Crippen molar-refractivity contribution in [3.05, 3.63) is 18.0 Å². The molecule has 0 aliphatic carbocycles. The molecule has 4 nitrogen and oxygen atoms in total. The number of azo groups is 1. The van der Waals surface area contributed by atoms with Gasteiger partial charge in [-0.2, -0.15) is 0 Å². The Hall–Kier alpha value is -0.900. The Morgan fingerprint density at radius 2 is 1.71 bits per heavy atom. The van der Waals surface area contributed by atoms with Crippen molar-refractivity contribution in [2.75, 3.05) is 13.2 Å². The molecule has 0 heterocycles. The highest BCUT2D eigenvalue weighted by molar-refractivity contribution is 4.47. The minimum Gasteiger partial charge on any atom is -0.595 e. The van der Waals surface area contributed by atoms with E-state index in [-0.39, 0.29) is 0 Å². The number of aliphatic hydroxyl groups is 1. The van der Waals surface area contributed by atoms with Gasteiger partial charge in [-0.15, -0.1) is 0 Å². The summed E-state index contributed by atoms with van der Waals surface area (Å²) in [6.45, 7) is 4.18. The first-order valence-corrected chi connectivity index (χ1v) is 5.18. The largest absolute Gasteiger partial charge is 0.595 e. The SMILES string of the molecule is C=C[N+]([O-])=NCCCCCCCCO. The van der Waals surface area contributed by atoms with E-state index in [1.165, 1.54) is 0 Å². The van der Waals surface area contributed by atoms with Crippen molar-refractivity contribution in [2.24, 2.45) is 5.11 Å². The second kappa shape index (κ2) is 10.2. The number of unbranched alkanes of at least 4 members (excludes halogenated alkanes) is 5. The van der Waals surface area contributed by atoms with Crippen LogP contribution in [-0.4, -0.2) is 23.1 Å². The number of hydrogen-bond acceptors (Lipinski definition) is 3. The molecule has 4 heteroatoms. The Labute approximate surface area is 85.5 Å². The van der Waals surface area contributed by atoms with Gasteiger partial charge in [0.15, 0.2) is 0 Å². The summed E-state index contributed by atoms with van der Waals surface area (Å²) in [7, 11) is 0. The molecule has 0 aromatic carbocycles. The minimum atomic E-state index is 0.291. The molecule has 0 radical (unpaired) electrons. The third kappa shape index (κ3) is 9.19. The summed E-state index contributed by atoms with van der Waals surface area (Å²) in [5.74, 6) is 0. The maximum absolute atomic E-state index is 10.6. The maximum Gasteiger partial charge on any atom is 0.202 e. The predicted octanol–water partition coefficient (Wildman–Crippen LogP) is 2.43. The van der Waals surface area contributed by atoms with Crippen molar-refractivity contribution in [3.8, 4) is 0 Å². The predicted molar refractivity (Wildman–Crippen MR) is 55.9 cm³/mol. The molecule has 14 heavy (non-hydrogen) atoms. The Balaban J connectivity index is 3.10. The van der Waals surface area contributed by atoms with Crippen LogP contribution in [-0.2, 0) is 0 Å². The van der Waals surface area contributed by atoms with Gasteiger partial charge >= 0.3 is 0 Å². The number of hydrogen-bond donors (Lipinski definition) is 1. The summed E-state index contributed by atoms with van der Waals surface area (Å²) in [6, 6.07) is 0. The molecular formula is C10H20N2O2. The van der Waals surface area contributed by atoms with Crippen LogP contribution in [0.5, 0.6) is 0 Å². The van der Waals surface area contributed by atoms with Crippen molar-refractivity contribution in [1.82, 2.24) is 0 Å². The second-order valence-corrected chi connectivity index (χ2v) is 3.20. The molecule has 0 fully saturated rings. The molecule has 1 N–H and O–H groups in total. The van der Waals surface area contributed by atoms with Crippen molar-refractivity contribution in [3.63, 3.8) is 0 Å². The molecule has 0 aromatic heterocycles. The quantitative estimate of drug-likeness (QED) is 0.269. The molecule has 0 amide bonds. The zero-order valence-electron chi connectivity index (χ0n) is 8.69. The summed E-state index contributed by atoms with van der Waals surface area (Å²) in [5, 5.41) is 22.8. The summed E-state index contributed by atoms with van der Waals surface area (Å²) >= 11 is 0. The van der Waals surface area contributed by atoms with Crippen LogP contribution in [0.3, 0.4) is 0 Å². The van der Waals surface area contributed by atoms with Gasteiger partial charge in [0, 0.05) is 6.61 Å². The fourth-order valence-electron chi connectivity index (χ4n) is 1.16. The van der Waals surface area contributed by atoms with Gasteiger partial charge in [0.25, 0.3) is 0 Å². The van der Waals surface area contributed by atoms with E-state index in [2.05, 4.69) is 11.7 Å². The van der Waals surface area contributed by atoms with Crippen LogP contribution in [0.4, 0.5) is 0 Å². The number of rotatable bonds is 9. The third-order valence-electron chi connectivity index (χ3n) is 1.96. The molecule has 0 rings (SSSR count). The zero-order chi connectivity index (χ0) is 10.6. The van der Waals surface area contributed by atoms with E-state index in [0.717, 1.165) is 44.7 Å². The zero-order valence-corrected chi connectivity index (χ0v) is 8.69. The highest BCUT2D eigenvalue weighted by Crippen LogP contribution is 2.04. The first kappa shape index (κ1) is 13.1. The van der Waals surface area contributed by atoms with Gasteiger partial charge in [0.2, 0.25) is 6.20 Å². The van der Waals surface area contributed by atoms with Gasteiger partial charge in [0.05, 0.1) is 0 Å². The third-order valence-corrected chi connectivity index (χ3v) is 1.96. The van der Waals surface area contributed by atoms with Crippen LogP contribution in [0.2, 0.25) is 0 Å². The molecule has 0 aliphatic heterocycles. The van der Waals surface area contributed by atoms with E-state index in [1.54, 1.807) is 0 Å². The van der Waals surface area contributed by atoms with Crippen molar-refractivity contribution in [2.45, 2.75) is 38.5 Å². The Morgan fingerprint density at radius 3 is 2.29 bits per heavy atom. The van der Waals surface area contributed by atoms with Gasteiger partial charge in [-0.1, -0.05) is 30.5 Å². The molecule has 0 spiro atoms. The van der Waals surface area contributed by atoms with Crippen molar-refractivity contribution < 1.29 is 9.97 Å². The summed E-state index contributed by atoms with van der Waals surface area (Å²) in [5.41, 5.74) is 0. The smallest absolute Gasteiger partial charge is 0.202 e. The van der Waals surface area contributed by atoms with Crippen molar-refractivity contribution in [1.29, 1.82) is 0 Å². The van der Waals surface area contributed by atoms with Crippen LogP contribution in [0.25, 0.3) is 0 Å². The highest BCUT2D eigenvalue weighted by Gasteiger charge is 1.92. The topological polar surface area (TPSA) is 58.7 Å². The number of hydroxylamine groups is 1. The van der Waals surface area contributed by atoms with Crippen LogP contribution in [0.15, 0.2) is 17.9 Å². The first-order chi connectivity index (χ1) is 6.81. The lowest BCUT2D eigenvalue weighted by molar-refractivity contribution is -0.458. The Bertz CT molecular complexity index is 170. The summed E-state index contributed by atoms with van der Waals surface area (Å²) < 4.78 is 0. The lowest BCUT2D eigenvalue weighted by Gasteiger charge is -1.98. The van der Waals surface area contributed by atoms with Crippen LogP contribution >= 0.6 is 0 Å². The molecule has 0 aliphatic rings. The van der Waals surface area contributed by atoms with E-state index >= 15 is 0 Å². The Morgan fingerprint density at radius 1 is 1.14 bits per heavy atom. The molecule has 0 atom stereocenters. The summed E-state index contributed by atoms with van der Waals surface area (Å²) in [6.07, 6.45) is 7.50. The van der Waals surface area contributed by atoms with Gasteiger partial charge < -0.3 is 10.3 Å². The molecule has 0 bridgehead atoms. The molecule has 0 aromatic rings. The van der Waals surface area contributed by atoms with Crippen molar-refractivity contribution >= 4 is 0 Å². The van der Waals surface area contributed by atoms with Gasteiger partial charge in [-0.3, -0.25) is 0 Å². The molecule has 0 saturated carbocycles. The average molecular weight is 200 g/mol. The number of nitrogens with zero attached hydrogens (tertiary/aromatic N) is 2. The fourth-order valence-corrected chi connectivity index (χ4v) is 1.16. The van der Waals surface area contributed by atoms with E-state index in [1.807, 2.05) is 0 Å². The maximum atomic E-state index is 10.6. The molecule has 0 unspecified atom stereocenters. The van der Waals surface area contributed by atoms with Crippen LogP contribution in [0.1, 0.15) is 38.5 Å². The average Bonchev–Trinajstić information content (AvgIpc) is 2.21. The van der Waals surface area contributed by atoms with Crippen LogP contribution in [0, 0.1) is 5.21 Å². The van der Waals surface area contributed by atoms with E-state index in [9.17, 15) is 5.21 Å². The monoisotopic (exact) mass is 200 g/mol. The summed E-state index contributed by atoms with van der Waals surface area (Å²) in [4.78, 5) is 0.506. The van der Waals surface area contributed by atoms with Gasteiger partial charge in [-0.05, 0) is 24.5 Å². The molecular weight excluding hydrogens is 180 g/mol. The van der Waals surface area contributed by atoms with E-state index in [4.69, 9.17) is 5.11 Å². The normalized spacial score (nSPS) is 11.6. The van der Waals surface area contributed by atoms with E-state index < -0.39 is 0 Å². The number of aliphatic hydroxyl groups excluding tert-OH is 1. The molecule has 0 saturated heterocycles. The van der Waals surface area contributed by atoms with Crippen LogP contribution < -0.4 is 0 Å². The highest BCUT2D eigenvalue weighted by atomic mass is 16.5.